The molecule has 1 heterocycles. The van der Waals surface area contributed by atoms with Gasteiger partial charge in [0.15, 0.2) is 11.0 Å². The molecule has 0 bridgehead atoms. The van der Waals surface area contributed by atoms with Gasteiger partial charge in [-0.2, -0.15) is 0 Å². The summed E-state index contributed by atoms with van der Waals surface area (Å²) in [6.45, 7) is 11.2. The van der Waals surface area contributed by atoms with Gasteiger partial charge in [-0.1, -0.05) is 93.2 Å². The monoisotopic (exact) mass is 463 g/mol. The van der Waals surface area contributed by atoms with Gasteiger partial charge in [0.25, 0.3) is 0 Å². The van der Waals surface area contributed by atoms with Gasteiger partial charge < -0.3 is 5.32 Å². The molecular formula is C25H29N5O2S. The van der Waals surface area contributed by atoms with Crippen LogP contribution in [0.25, 0.3) is 11.4 Å². The summed E-state index contributed by atoms with van der Waals surface area (Å²) in [5, 5.41) is 14.2. The van der Waals surface area contributed by atoms with E-state index in [2.05, 4.69) is 60.3 Å². The quantitative estimate of drug-likeness (QED) is 0.378. The Morgan fingerprint density at radius 3 is 2.39 bits per heavy atom. The number of amides is 3. The van der Waals surface area contributed by atoms with E-state index in [9.17, 15) is 9.59 Å². The highest BCUT2D eigenvalue weighted by molar-refractivity contribution is 7.99. The van der Waals surface area contributed by atoms with Gasteiger partial charge in [0.2, 0.25) is 5.91 Å². The summed E-state index contributed by atoms with van der Waals surface area (Å²) in [5.74, 6) is 0.338. The molecule has 2 aromatic carbocycles. The molecule has 0 unspecified atom stereocenters. The van der Waals surface area contributed by atoms with Crippen molar-refractivity contribution in [2.24, 2.45) is 0 Å². The van der Waals surface area contributed by atoms with E-state index in [0.717, 1.165) is 11.1 Å². The average molecular weight is 464 g/mol. The summed E-state index contributed by atoms with van der Waals surface area (Å²) in [7, 11) is 0. The lowest BCUT2D eigenvalue weighted by Gasteiger charge is -2.19. The summed E-state index contributed by atoms with van der Waals surface area (Å²) in [5.41, 5.74) is 3.19. The molecule has 0 saturated carbocycles. The van der Waals surface area contributed by atoms with Crippen LogP contribution >= 0.6 is 11.8 Å². The fourth-order valence-corrected chi connectivity index (χ4v) is 3.88. The van der Waals surface area contributed by atoms with Crippen LogP contribution in [0.2, 0.25) is 0 Å². The van der Waals surface area contributed by atoms with E-state index in [0.29, 0.717) is 24.1 Å². The van der Waals surface area contributed by atoms with Crippen molar-refractivity contribution in [1.29, 1.82) is 0 Å². The molecule has 0 aliphatic carbocycles. The second-order valence-corrected chi connectivity index (χ2v) is 9.48. The third-order valence-electron chi connectivity index (χ3n) is 4.92. The smallest absolute Gasteiger partial charge is 0.321 e. The minimum absolute atomic E-state index is 0.0387. The number of allylic oxidation sites excluding steroid dienone is 1. The van der Waals surface area contributed by atoms with Crippen LogP contribution in [0.3, 0.4) is 0 Å². The van der Waals surface area contributed by atoms with E-state index in [1.165, 1.54) is 17.3 Å². The predicted octanol–water partition coefficient (Wildman–Crippen LogP) is 4.55. The van der Waals surface area contributed by atoms with Gasteiger partial charge in [0.1, 0.15) is 0 Å². The highest BCUT2D eigenvalue weighted by atomic mass is 32.2. The van der Waals surface area contributed by atoms with Gasteiger partial charge in [-0.25, -0.2) is 4.79 Å². The van der Waals surface area contributed by atoms with E-state index in [1.807, 2.05) is 47.0 Å². The van der Waals surface area contributed by atoms with Crippen LogP contribution in [0.4, 0.5) is 4.79 Å². The number of benzene rings is 2. The number of nitrogens with one attached hydrogen (secondary N) is 2. The number of nitrogens with zero attached hydrogens (tertiary/aromatic N) is 3. The molecule has 0 aliphatic heterocycles. The molecule has 2 N–H and O–H groups in total. The van der Waals surface area contributed by atoms with Crippen LogP contribution in [-0.2, 0) is 23.3 Å². The minimum atomic E-state index is -0.531. The fourth-order valence-electron chi connectivity index (χ4n) is 3.14. The molecule has 33 heavy (non-hydrogen) atoms. The Hall–Kier alpha value is -3.39. The van der Waals surface area contributed by atoms with Crippen LogP contribution < -0.4 is 10.6 Å². The van der Waals surface area contributed by atoms with Crippen molar-refractivity contribution >= 4 is 23.7 Å². The van der Waals surface area contributed by atoms with Gasteiger partial charge in [-0.05, 0) is 16.5 Å². The summed E-state index contributed by atoms with van der Waals surface area (Å²) in [6.07, 6.45) is 1.76. The first-order valence-electron chi connectivity index (χ1n) is 10.7. The Morgan fingerprint density at radius 1 is 1.06 bits per heavy atom. The zero-order valence-corrected chi connectivity index (χ0v) is 20.0. The fraction of sp³-hybridized carbons (Fsp3) is 0.280. The van der Waals surface area contributed by atoms with Gasteiger partial charge in [0, 0.05) is 18.7 Å². The molecular weight excluding hydrogens is 434 g/mol. The topological polar surface area (TPSA) is 88.9 Å². The summed E-state index contributed by atoms with van der Waals surface area (Å²) in [4.78, 5) is 24.2. The van der Waals surface area contributed by atoms with Gasteiger partial charge in [-0.3, -0.25) is 14.7 Å². The first-order chi connectivity index (χ1) is 15.8. The van der Waals surface area contributed by atoms with Gasteiger partial charge >= 0.3 is 6.03 Å². The van der Waals surface area contributed by atoms with Crippen molar-refractivity contribution in [2.45, 2.75) is 44.4 Å². The molecule has 7 nitrogen and oxygen atoms in total. The summed E-state index contributed by atoms with van der Waals surface area (Å²) < 4.78 is 1.91. The van der Waals surface area contributed by atoms with E-state index in [1.54, 1.807) is 6.08 Å². The Balaban J connectivity index is 1.60. The van der Waals surface area contributed by atoms with E-state index >= 15 is 0 Å². The Labute approximate surface area is 198 Å². The number of urea groups is 1. The molecule has 0 spiro atoms. The molecule has 0 radical (unpaired) electrons. The lowest BCUT2D eigenvalue weighted by atomic mass is 9.87. The molecule has 0 saturated heterocycles. The summed E-state index contributed by atoms with van der Waals surface area (Å²) in [6, 6.07) is 17.2. The van der Waals surface area contributed by atoms with Crippen LogP contribution in [0, 0.1) is 0 Å². The van der Waals surface area contributed by atoms with Crippen LogP contribution in [-0.4, -0.2) is 32.5 Å². The number of imide groups is 1. The molecule has 1 aromatic heterocycles. The first kappa shape index (κ1) is 24.3. The zero-order valence-electron chi connectivity index (χ0n) is 19.2. The van der Waals surface area contributed by atoms with E-state index in [4.69, 9.17) is 0 Å². The maximum atomic E-state index is 12.2. The van der Waals surface area contributed by atoms with Gasteiger partial charge in [-0.15, -0.1) is 16.8 Å². The zero-order chi connectivity index (χ0) is 23.8. The number of thioether (sulfide) groups is 1. The van der Waals surface area contributed by atoms with Crippen molar-refractivity contribution in [2.75, 3.05) is 5.75 Å². The van der Waals surface area contributed by atoms with Gasteiger partial charge in [0.05, 0.1) is 5.75 Å². The van der Waals surface area contributed by atoms with E-state index < -0.39 is 11.9 Å². The molecule has 3 amide bonds. The normalized spacial score (nSPS) is 11.1. The molecule has 3 aromatic rings. The molecule has 0 aliphatic rings. The van der Waals surface area contributed by atoms with Crippen molar-refractivity contribution in [1.82, 2.24) is 25.4 Å². The van der Waals surface area contributed by atoms with Crippen molar-refractivity contribution in [3.63, 3.8) is 0 Å². The Bertz CT molecular complexity index is 1100. The number of aromatic nitrogens is 3. The second kappa shape index (κ2) is 11.0. The van der Waals surface area contributed by atoms with Crippen molar-refractivity contribution in [3.05, 3.63) is 78.4 Å². The Morgan fingerprint density at radius 2 is 1.76 bits per heavy atom. The number of hydrogen-bond acceptors (Lipinski definition) is 5. The average Bonchev–Trinajstić information content (AvgIpc) is 3.19. The molecule has 3 rings (SSSR count). The molecule has 0 atom stereocenters. The molecule has 8 heteroatoms. The van der Waals surface area contributed by atoms with Crippen molar-refractivity contribution in [3.8, 4) is 11.4 Å². The number of hydrogen-bond donors (Lipinski definition) is 2. The van der Waals surface area contributed by atoms with Crippen LogP contribution in [0.1, 0.15) is 31.9 Å². The van der Waals surface area contributed by atoms with Crippen LogP contribution in [0.5, 0.6) is 0 Å². The first-order valence-corrected chi connectivity index (χ1v) is 11.7. The number of carbonyl (C=O) groups is 2. The highest BCUT2D eigenvalue weighted by Gasteiger charge is 2.18. The maximum Gasteiger partial charge on any atom is 0.321 e. The van der Waals surface area contributed by atoms with Crippen molar-refractivity contribution < 1.29 is 9.59 Å². The van der Waals surface area contributed by atoms with E-state index in [-0.39, 0.29) is 11.2 Å². The van der Waals surface area contributed by atoms with Crippen LogP contribution in [0.15, 0.2) is 72.4 Å². The highest BCUT2D eigenvalue weighted by Crippen LogP contribution is 2.27. The SMILES string of the molecule is C=CCn1c(SCC(=O)NC(=O)NCc2ccccc2)nnc1-c1ccc(C(C)(C)C)cc1. The third-order valence-corrected chi connectivity index (χ3v) is 5.89. The maximum absolute atomic E-state index is 12.2. The standard InChI is InChI=1S/C25H29N5O2S/c1-5-15-30-22(19-11-13-20(14-12-19)25(2,3)4)28-29-24(30)33-17-21(31)27-23(32)26-16-18-9-7-6-8-10-18/h5-14H,1,15-17H2,2-4H3,(H2,26,27,31,32). The second-order valence-electron chi connectivity index (χ2n) is 8.54. The predicted molar refractivity (Wildman–Crippen MR) is 132 cm³/mol. The third kappa shape index (κ3) is 6.79. The minimum Gasteiger partial charge on any atom is -0.334 e. The molecule has 0 fully saturated rings. The largest absolute Gasteiger partial charge is 0.334 e. The summed E-state index contributed by atoms with van der Waals surface area (Å²) >= 11 is 1.22. The Kier molecular flexibility index (Phi) is 8.06. The molecule has 172 valence electrons. The lowest BCUT2D eigenvalue weighted by Crippen LogP contribution is -2.40. The number of rotatable bonds is 8. The number of carbonyl (C=O) groups excluding carboxylic acids is 2. The lowest BCUT2D eigenvalue weighted by molar-refractivity contribution is -0.117.